The molecule has 0 N–H and O–H groups in total. The molecule has 0 aliphatic heterocycles. The van der Waals surface area contributed by atoms with Crippen molar-refractivity contribution in [3.63, 3.8) is 0 Å². The van der Waals surface area contributed by atoms with Crippen LogP contribution in [0.25, 0.3) is 29.9 Å². The van der Waals surface area contributed by atoms with Gasteiger partial charge in [-0.15, -0.1) is 22.7 Å². The van der Waals surface area contributed by atoms with Crippen molar-refractivity contribution < 1.29 is 0 Å². The fourth-order valence-corrected chi connectivity index (χ4v) is 6.64. The minimum Gasteiger partial charge on any atom is -0.134 e. The van der Waals surface area contributed by atoms with Gasteiger partial charge in [-0.1, -0.05) is 48.0 Å². The van der Waals surface area contributed by atoms with Gasteiger partial charge in [0.15, 0.2) is 0 Å². The Morgan fingerprint density at radius 2 is 1.24 bits per heavy atom. The van der Waals surface area contributed by atoms with Crippen LogP contribution in [0.1, 0.15) is 30.9 Å². The van der Waals surface area contributed by atoms with Gasteiger partial charge in [0.05, 0.1) is 0 Å². The van der Waals surface area contributed by atoms with Gasteiger partial charge in [0.25, 0.3) is 0 Å². The number of benzene rings is 2. The molecule has 0 unspecified atom stereocenters. The first kappa shape index (κ1) is 15.4. The van der Waals surface area contributed by atoms with Gasteiger partial charge in [0.2, 0.25) is 0 Å². The van der Waals surface area contributed by atoms with E-state index in [9.17, 15) is 0 Å². The van der Waals surface area contributed by atoms with Gasteiger partial charge < -0.3 is 0 Å². The lowest BCUT2D eigenvalue weighted by molar-refractivity contribution is 0.915. The van der Waals surface area contributed by atoms with Crippen LogP contribution in [0, 0.1) is 0 Å². The molecule has 25 heavy (non-hydrogen) atoms. The zero-order valence-electron chi connectivity index (χ0n) is 14.3. The Bertz CT molecular complexity index is 1110. The summed E-state index contributed by atoms with van der Waals surface area (Å²) in [5.74, 6) is 0. The molecular weight excluding hydrogens is 340 g/mol. The maximum absolute atomic E-state index is 2.45. The van der Waals surface area contributed by atoms with Crippen molar-refractivity contribution in [1.29, 1.82) is 0 Å². The van der Waals surface area contributed by atoms with E-state index < -0.39 is 0 Å². The number of hydrogen-bond donors (Lipinski definition) is 0. The van der Waals surface area contributed by atoms with Crippen molar-refractivity contribution >= 4 is 42.8 Å². The SMILES string of the molecule is C/C1=C\CCc2c(sc3ccccc23)-c2sc3ccccc3c2CC1. The van der Waals surface area contributed by atoms with Crippen molar-refractivity contribution in [3.8, 4) is 9.75 Å². The van der Waals surface area contributed by atoms with E-state index in [0.29, 0.717) is 0 Å². The third kappa shape index (κ3) is 2.56. The molecule has 0 radical (unpaired) electrons. The topological polar surface area (TPSA) is 0 Å². The smallest absolute Gasteiger partial charge is 0.0490 e. The predicted octanol–water partition coefficient (Wildman–Crippen LogP) is 7.61. The molecule has 0 saturated heterocycles. The summed E-state index contributed by atoms with van der Waals surface area (Å²) in [6.45, 7) is 2.29. The second-order valence-corrected chi connectivity index (χ2v) is 9.01. The zero-order valence-corrected chi connectivity index (χ0v) is 16.0. The first-order valence-corrected chi connectivity index (χ1v) is 10.6. The molecule has 0 fully saturated rings. The monoisotopic (exact) mass is 360 g/mol. The maximum Gasteiger partial charge on any atom is 0.0490 e. The maximum atomic E-state index is 2.45. The molecule has 0 atom stereocenters. The fourth-order valence-electron chi connectivity index (χ4n) is 3.95. The number of hydrogen-bond acceptors (Lipinski definition) is 2. The van der Waals surface area contributed by atoms with Crippen molar-refractivity contribution in [2.24, 2.45) is 0 Å². The van der Waals surface area contributed by atoms with Gasteiger partial charge in [0, 0.05) is 19.2 Å². The average molecular weight is 361 g/mol. The highest BCUT2D eigenvalue weighted by molar-refractivity contribution is 7.28. The van der Waals surface area contributed by atoms with Crippen LogP contribution in [0.15, 0.2) is 60.2 Å². The van der Waals surface area contributed by atoms with Crippen LogP contribution in [0.2, 0.25) is 0 Å². The highest BCUT2D eigenvalue weighted by Crippen LogP contribution is 2.47. The molecule has 0 saturated carbocycles. The van der Waals surface area contributed by atoms with Gasteiger partial charge in [-0.3, -0.25) is 0 Å². The molecule has 0 nitrogen and oxygen atoms in total. The summed E-state index contributed by atoms with van der Waals surface area (Å²) in [7, 11) is 0. The minimum absolute atomic E-state index is 1.14. The Labute approximate surface area is 156 Å². The van der Waals surface area contributed by atoms with Crippen molar-refractivity contribution in [2.75, 3.05) is 0 Å². The normalized spacial score (nSPS) is 17.1. The van der Waals surface area contributed by atoms with E-state index >= 15 is 0 Å². The highest BCUT2D eigenvalue weighted by atomic mass is 32.1. The molecule has 4 aromatic rings. The third-order valence-electron chi connectivity index (χ3n) is 5.26. The van der Waals surface area contributed by atoms with E-state index in [1.54, 1.807) is 11.1 Å². The molecule has 2 aromatic heterocycles. The Hall–Kier alpha value is -1.90. The standard InChI is InChI=1S/C23H20S2/c1-15-7-6-10-18-16-8-2-4-11-20(16)24-22(18)23-19(14-13-15)17-9-3-5-12-21(17)25-23/h2-5,7-9,11-12H,6,10,13-14H2,1H3/b15-7+. The first-order chi connectivity index (χ1) is 12.3. The number of aryl methyl sites for hydroxylation is 2. The lowest BCUT2D eigenvalue weighted by atomic mass is 9.96. The van der Waals surface area contributed by atoms with Gasteiger partial charge >= 0.3 is 0 Å². The minimum atomic E-state index is 1.14. The van der Waals surface area contributed by atoms with Crippen LogP contribution in [-0.2, 0) is 12.8 Å². The summed E-state index contributed by atoms with van der Waals surface area (Å²) in [5, 5.41) is 2.91. The van der Waals surface area contributed by atoms with E-state index in [1.165, 1.54) is 41.9 Å². The number of rotatable bonds is 0. The Morgan fingerprint density at radius 1 is 0.680 bits per heavy atom. The molecule has 5 rings (SSSR count). The Morgan fingerprint density at radius 3 is 1.88 bits per heavy atom. The molecule has 2 heterocycles. The molecule has 1 aliphatic rings. The van der Waals surface area contributed by atoms with E-state index in [0.717, 1.165) is 19.3 Å². The number of fused-ring (bicyclic) bond motifs is 7. The van der Waals surface area contributed by atoms with Gasteiger partial charge in [0.1, 0.15) is 0 Å². The number of allylic oxidation sites excluding steroid dienone is 2. The summed E-state index contributed by atoms with van der Waals surface area (Å²) in [6, 6.07) is 17.9. The molecule has 0 bridgehead atoms. The number of thiophene rings is 2. The van der Waals surface area contributed by atoms with Crippen LogP contribution in [0.3, 0.4) is 0 Å². The summed E-state index contributed by atoms with van der Waals surface area (Å²) < 4.78 is 2.85. The van der Waals surface area contributed by atoms with E-state index in [-0.39, 0.29) is 0 Å². The summed E-state index contributed by atoms with van der Waals surface area (Å²) in [4.78, 5) is 3.04. The van der Waals surface area contributed by atoms with Crippen molar-refractivity contribution in [3.05, 3.63) is 71.3 Å². The fraction of sp³-hybridized carbons (Fsp3) is 0.217. The molecular formula is C23H20S2. The largest absolute Gasteiger partial charge is 0.134 e. The van der Waals surface area contributed by atoms with Crippen molar-refractivity contribution in [1.82, 2.24) is 0 Å². The second kappa shape index (κ2) is 6.12. The van der Waals surface area contributed by atoms with E-state index in [1.807, 2.05) is 22.7 Å². The van der Waals surface area contributed by atoms with Gasteiger partial charge in [-0.05, 0) is 66.6 Å². The van der Waals surface area contributed by atoms with Crippen molar-refractivity contribution in [2.45, 2.75) is 32.6 Å². The van der Waals surface area contributed by atoms with Crippen LogP contribution < -0.4 is 0 Å². The van der Waals surface area contributed by atoms with E-state index in [4.69, 9.17) is 0 Å². The molecule has 0 amide bonds. The molecule has 2 aromatic carbocycles. The van der Waals surface area contributed by atoms with Gasteiger partial charge in [-0.2, -0.15) is 0 Å². The van der Waals surface area contributed by atoms with Crippen LogP contribution in [-0.4, -0.2) is 0 Å². The molecule has 124 valence electrons. The predicted molar refractivity (Wildman–Crippen MR) is 113 cm³/mol. The second-order valence-electron chi connectivity index (χ2n) is 6.90. The average Bonchev–Trinajstić information content (AvgIpc) is 3.18. The summed E-state index contributed by atoms with van der Waals surface area (Å²) in [6.07, 6.45) is 7.07. The Balaban J connectivity index is 1.85. The van der Waals surface area contributed by atoms with E-state index in [2.05, 4.69) is 61.5 Å². The Kier molecular flexibility index (Phi) is 3.76. The molecule has 0 spiro atoms. The highest BCUT2D eigenvalue weighted by Gasteiger charge is 2.20. The first-order valence-electron chi connectivity index (χ1n) is 8.98. The molecule has 2 heteroatoms. The van der Waals surface area contributed by atoms with Crippen LogP contribution in [0.5, 0.6) is 0 Å². The van der Waals surface area contributed by atoms with Crippen LogP contribution in [0.4, 0.5) is 0 Å². The lowest BCUT2D eigenvalue weighted by Gasteiger charge is -2.10. The molecule has 1 aliphatic carbocycles. The summed E-state index contributed by atoms with van der Waals surface area (Å²) >= 11 is 3.98. The lowest BCUT2D eigenvalue weighted by Crippen LogP contribution is -1.93. The third-order valence-corrected chi connectivity index (χ3v) is 7.85. The quantitative estimate of drug-likeness (QED) is 0.283. The van der Waals surface area contributed by atoms with Gasteiger partial charge in [-0.25, -0.2) is 0 Å². The zero-order chi connectivity index (χ0) is 16.8. The summed E-state index contributed by atoms with van der Waals surface area (Å²) in [5.41, 5.74) is 4.65. The van der Waals surface area contributed by atoms with Crippen LogP contribution >= 0.6 is 22.7 Å².